The molecule has 5 heteroatoms. The number of allylic oxidation sites excluding steroid dienone is 1. The van der Waals surface area contributed by atoms with E-state index in [0.717, 1.165) is 29.8 Å². The Morgan fingerprint density at radius 1 is 0.714 bits per heavy atom. The SMILES string of the molecule is C/C=C/c1c(F)cc(-c2c(F)cc(-c3ccc(CC)cc3F)cc2F)cc1F. The molecule has 0 amide bonds. The lowest BCUT2D eigenvalue weighted by atomic mass is 9.96. The summed E-state index contributed by atoms with van der Waals surface area (Å²) in [6.07, 6.45) is 3.31. The van der Waals surface area contributed by atoms with E-state index in [1.807, 2.05) is 6.92 Å². The Morgan fingerprint density at radius 2 is 1.29 bits per heavy atom. The van der Waals surface area contributed by atoms with E-state index in [1.165, 1.54) is 24.3 Å². The Labute approximate surface area is 160 Å². The first-order chi connectivity index (χ1) is 13.3. The van der Waals surface area contributed by atoms with Crippen molar-refractivity contribution in [1.29, 1.82) is 0 Å². The first-order valence-corrected chi connectivity index (χ1v) is 8.75. The lowest BCUT2D eigenvalue weighted by Crippen LogP contribution is -1.97. The number of benzene rings is 3. The lowest BCUT2D eigenvalue weighted by Gasteiger charge is -2.11. The molecule has 0 N–H and O–H groups in total. The molecule has 0 heterocycles. The number of halogens is 5. The molecule has 0 saturated carbocycles. The molecule has 0 nitrogen and oxygen atoms in total. The molecular weight excluding hydrogens is 371 g/mol. The minimum absolute atomic E-state index is 0.00498. The maximum Gasteiger partial charge on any atom is 0.134 e. The highest BCUT2D eigenvalue weighted by molar-refractivity contribution is 5.73. The van der Waals surface area contributed by atoms with E-state index in [4.69, 9.17) is 0 Å². The second-order valence-corrected chi connectivity index (χ2v) is 6.34. The van der Waals surface area contributed by atoms with Crippen molar-refractivity contribution in [3.8, 4) is 22.3 Å². The zero-order chi connectivity index (χ0) is 20.4. The van der Waals surface area contributed by atoms with Crippen molar-refractivity contribution in [2.24, 2.45) is 0 Å². The van der Waals surface area contributed by atoms with Gasteiger partial charge in [-0.3, -0.25) is 0 Å². The van der Waals surface area contributed by atoms with Crippen LogP contribution in [0, 0.1) is 29.1 Å². The standard InChI is InChI=1S/C23H17F5/c1-3-5-17-19(25)11-15(12-20(17)26)23-21(27)9-14(10-22(23)28)16-7-6-13(4-2)8-18(16)24/h3,5-12H,4H2,1-2H3/b5-3+. The summed E-state index contributed by atoms with van der Waals surface area (Å²) in [5, 5.41) is 0. The predicted molar refractivity (Wildman–Crippen MR) is 101 cm³/mol. The summed E-state index contributed by atoms with van der Waals surface area (Å²) >= 11 is 0. The van der Waals surface area contributed by atoms with E-state index in [-0.39, 0.29) is 22.3 Å². The summed E-state index contributed by atoms with van der Waals surface area (Å²) in [6.45, 7) is 3.46. The maximum atomic E-state index is 14.7. The highest BCUT2D eigenvalue weighted by Gasteiger charge is 2.19. The third-order valence-electron chi connectivity index (χ3n) is 4.50. The first kappa shape index (κ1) is 19.8. The Hall–Kier alpha value is -2.95. The van der Waals surface area contributed by atoms with Crippen LogP contribution in [0.3, 0.4) is 0 Å². The summed E-state index contributed by atoms with van der Waals surface area (Å²) in [6, 6.07) is 8.09. The normalized spacial score (nSPS) is 11.4. The molecule has 0 aromatic heterocycles. The van der Waals surface area contributed by atoms with Gasteiger partial charge in [-0.05, 0) is 60.4 Å². The van der Waals surface area contributed by atoms with Crippen LogP contribution in [-0.4, -0.2) is 0 Å². The minimum atomic E-state index is -1.04. The zero-order valence-corrected chi connectivity index (χ0v) is 15.3. The van der Waals surface area contributed by atoms with Gasteiger partial charge in [0.2, 0.25) is 0 Å². The Bertz CT molecular complexity index is 1020. The van der Waals surface area contributed by atoms with Crippen LogP contribution >= 0.6 is 0 Å². The Kier molecular flexibility index (Phi) is 5.63. The molecule has 3 rings (SSSR count). The van der Waals surface area contributed by atoms with Gasteiger partial charge in [0.1, 0.15) is 29.1 Å². The van der Waals surface area contributed by atoms with Crippen LogP contribution in [0.15, 0.2) is 48.5 Å². The van der Waals surface area contributed by atoms with Gasteiger partial charge >= 0.3 is 0 Å². The van der Waals surface area contributed by atoms with Crippen LogP contribution in [0.2, 0.25) is 0 Å². The van der Waals surface area contributed by atoms with Crippen LogP contribution in [0.4, 0.5) is 22.0 Å². The fourth-order valence-corrected chi connectivity index (χ4v) is 3.07. The summed E-state index contributed by atoms with van der Waals surface area (Å²) in [7, 11) is 0. The van der Waals surface area contributed by atoms with Gasteiger partial charge in [0.15, 0.2) is 0 Å². The molecule has 0 unspecified atom stereocenters. The largest absolute Gasteiger partial charge is 0.206 e. The monoisotopic (exact) mass is 388 g/mol. The smallest absolute Gasteiger partial charge is 0.134 e. The maximum absolute atomic E-state index is 14.7. The average Bonchev–Trinajstić information content (AvgIpc) is 2.64. The quantitative estimate of drug-likeness (QED) is 0.411. The van der Waals surface area contributed by atoms with E-state index in [9.17, 15) is 22.0 Å². The van der Waals surface area contributed by atoms with Gasteiger partial charge < -0.3 is 0 Å². The molecule has 0 fully saturated rings. The average molecular weight is 388 g/mol. The lowest BCUT2D eigenvalue weighted by molar-refractivity contribution is 0.575. The Morgan fingerprint density at radius 3 is 1.79 bits per heavy atom. The van der Waals surface area contributed by atoms with Crippen LogP contribution in [-0.2, 0) is 6.42 Å². The van der Waals surface area contributed by atoms with E-state index in [1.54, 1.807) is 13.0 Å². The van der Waals surface area contributed by atoms with Crippen molar-refractivity contribution in [3.63, 3.8) is 0 Å². The van der Waals surface area contributed by atoms with Gasteiger partial charge in [-0.2, -0.15) is 0 Å². The minimum Gasteiger partial charge on any atom is -0.206 e. The molecule has 0 radical (unpaired) electrons. The highest BCUT2D eigenvalue weighted by Crippen LogP contribution is 2.34. The van der Waals surface area contributed by atoms with Gasteiger partial charge in [-0.1, -0.05) is 31.2 Å². The van der Waals surface area contributed by atoms with Crippen LogP contribution < -0.4 is 0 Å². The molecule has 3 aromatic rings. The molecule has 0 aliphatic rings. The molecule has 3 aromatic carbocycles. The highest BCUT2D eigenvalue weighted by atomic mass is 19.1. The molecular formula is C23H17F5. The van der Waals surface area contributed by atoms with Crippen molar-refractivity contribution < 1.29 is 22.0 Å². The number of hydrogen-bond donors (Lipinski definition) is 0. The second-order valence-electron chi connectivity index (χ2n) is 6.34. The number of rotatable bonds is 4. The topological polar surface area (TPSA) is 0 Å². The first-order valence-electron chi connectivity index (χ1n) is 8.75. The van der Waals surface area contributed by atoms with Gasteiger partial charge in [0.05, 0.1) is 5.56 Å². The van der Waals surface area contributed by atoms with Gasteiger partial charge in [0, 0.05) is 11.1 Å². The number of aryl methyl sites for hydroxylation is 1. The van der Waals surface area contributed by atoms with Gasteiger partial charge in [-0.25, -0.2) is 22.0 Å². The molecule has 144 valence electrons. The number of hydrogen-bond acceptors (Lipinski definition) is 0. The summed E-state index contributed by atoms with van der Waals surface area (Å²) in [5.74, 6) is -4.54. The molecule has 0 saturated heterocycles. The van der Waals surface area contributed by atoms with E-state index >= 15 is 0 Å². The van der Waals surface area contributed by atoms with E-state index < -0.39 is 34.6 Å². The third-order valence-corrected chi connectivity index (χ3v) is 4.50. The van der Waals surface area contributed by atoms with Gasteiger partial charge in [0.25, 0.3) is 0 Å². The van der Waals surface area contributed by atoms with Crippen LogP contribution in [0.1, 0.15) is 25.0 Å². The third kappa shape index (κ3) is 3.70. The fourth-order valence-electron chi connectivity index (χ4n) is 3.07. The van der Waals surface area contributed by atoms with Crippen molar-refractivity contribution in [1.82, 2.24) is 0 Å². The second kappa shape index (κ2) is 7.97. The summed E-state index contributed by atoms with van der Waals surface area (Å²) in [5.41, 5.74) is -0.328. The summed E-state index contributed by atoms with van der Waals surface area (Å²) < 4.78 is 71.8. The molecule has 0 atom stereocenters. The molecule has 0 bridgehead atoms. The predicted octanol–water partition coefficient (Wildman–Crippen LogP) is 7.31. The van der Waals surface area contributed by atoms with Crippen LogP contribution in [0.5, 0.6) is 0 Å². The van der Waals surface area contributed by atoms with Crippen molar-refractivity contribution in [2.75, 3.05) is 0 Å². The van der Waals surface area contributed by atoms with Crippen LogP contribution in [0.25, 0.3) is 28.3 Å². The fraction of sp³-hybridized carbons (Fsp3) is 0.130. The molecule has 0 spiro atoms. The molecule has 0 aliphatic carbocycles. The Balaban J connectivity index is 2.11. The van der Waals surface area contributed by atoms with Crippen molar-refractivity contribution in [2.45, 2.75) is 20.3 Å². The van der Waals surface area contributed by atoms with E-state index in [0.29, 0.717) is 6.42 Å². The zero-order valence-electron chi connectivity index (χ0n) is 15.3. The van der Waals surface area contributed by atoms with Gasteiger partial charge in [-0.15, -0.1) is 0 Å². The summed E-state index contributed by atoms with van der Waals surface area (Å²) in [4.78, 5) is 0. The van der Waals surface area contributed by atoms with E-state index in [2.05, 4.69) is 0 Å². The van der Waals surface area contributed by atoms with Crippen molar-refractivity contribution in [3.05, 3.63) is 88.8 Å². The molecule has 28 heavy (non-hydrogen) atoms. The molecule has 0 aliphatic heterocycles. The van der Waals surface area contributed by atoms with Crippen molar-refractivity contribution >= 4 is 6.08 Å².